The maximum atomic E-state index is 6.78. The molecular formula is C53H33N3O. The van der Waals surface area contributed by atoms with E-state index in [1.807, 2.05) is 36.4 Å². The summed E-state index contributed by atoms with van der Waals surface area (Å²) < 4.78 is 6.78. The van der Waals surface area contributed by atoms with Crippen LogP contribution in [0.1, 0.15) is 0 Å². The average Bonchev–Trinajstić information content (AvgIpc) is 3.69. The Morgan fingerprint density at radius 2 is 0.842 bits per heavy atom. The van der Waals surface area contributed by atoms with Crippen molar-refractivity contribution in [1.29, 1.82) is 0 Å². The number of para-hydroxylation sites is 2. The molecule has 0 bridgehead atoms. The largest absolute Gasteiger partial charge is 0.455 e. The number of hydrogen-bond donors (Lipinski definition) is 0. The van der Waals surface area contributed by atoms with Crippen molar-refractivity contribution >= 4 is 43.6 Å². The molecule has 0 atom stereocenters. The molecule has 0 N–H and O–H groups in total. The lowest BCUT2D eigenvalue weighted by atomic mass is 9.91. The monoisotopic (exact) mass is 727 g/mol. The minimum atomic E-state index is 0.666. The Hall–Kier alpha value is -7.69. The molecule has 0 radical (unpaired) electrons. The van der Waals surface area contributed by atoms with Crippen LogP contribution in [0.4, 0.5) is 0 Å². The van der Waals surface area contributed by atoms with Crippen molar-refractivity contribution in [3.63, 3.8) is 0 Å². The number of fused-ring (bicyclic) bond motifs is 7. The first kappa shape index (κ1) is 32.7. The van der Waals surface area contributed by atoms with Gasteiger partial charge < -0.3 is 4.42 Å². The maximum Gasteiger partial charge on any atom is 0.160 e. The summed E-state index contributed by atoms with van der Waals surface area (Å²) >= 11 is 0. The van der Waals surface area contributed by atoms with E-state index in [2.05, 4.69) is 164 Å². The van der Waals surface area contributed by atoms with Crippen LogP contribution < -0.4 is 0 Å². The molecule has 0 fully saturated rings. The highest BCUT2D eigenvalue weighted by molar-refractivity contribution is 6.30. The van der Waals surface area contributed by atoms with E-state index in [1.54, 1.807) is 0 Å². The van der Waals surface area contributed by atoms with E-state index < -0.39 is 0 Å². The van der Waals surface area contributed by atoms with Crippen LogP contribution in [0.5, 0.6) is 0 Å². The van der Waals surface area contributed by atoms with Gasteiger partial charge in [-0.2, -0.15) is 0 Å². The van der Waals surface area contributed by atoms with E-state index in [0.717, 1.165) is 94.1 Å². The van der Waals surface area contributed by atoms with E-state index in [-0.39, 0.29) is 0 Å². The molecule has 0 unspecified atom stereocenters. The number of hydrogen-bond acceptors (Lipinski definition) is 4. The molecule has 57 heavy (non-hydrogen) atoms. The van der Waals surface area contributed by atoms with Crippen LogP contribution in [0.15, 0.2) is 205 Å². The lowest BCUT2D eigenvalue weighted by molar-refractivity contribution is 0.670. The Kier molecular flexibility index (Phi) is 7.78. The fourth-order valence-corrected chi connectivity index (χ4v) is 8.10. The van der Waals surface area contributed by atoms with Crippen LogP contribution in [0.25, 0.3) is 111 Å². The molecule has 0 aliphatic rings. The van der Waals surface area contributed by atoms with Gasteiger partial charge in [-0.05, 0) is 41.0 Å². The molecule has 0 amide bonds. The van der Waals surface area contributed by atoms with Crippen LogP contribution in [-0.4, -0.2) is 15.0 Å². The molecule has 4 heteroatoms. The lowest BCUT2D eigenvalue weighted by Crippen LogP contribution is -1.96. The average molecular weight is 728 g/mol. The molecular weight excluding hydrogens is 695 g/mol. The van der Waals surface area contributed by atoms with Crippen molar-refractivity contribution in [2.45, 2.75) is 0 Å². The smallest absolute Gasteiger partial charge is 0.160 e. The zero-order valence-corrected chi connectivity index (χ0v) is 30.8. The van der Waals surface area contributed by atoms with E-state index in [1.165, 1.54) is 11.1 Å². The molecule has 3 heterocycles. The van der Waals surface area contributed by atoms with Crippen LogP contribution >= 0.6 is 0 Å². The van der Waals surface area contributed by atoms with Crippen molar-refractivity contribution in [3.8, 4) is 67.4 Å². The first-order chi connectivity index (χ1) is 28.2. The van der Waals surface area contributed by atoms with Crippen LogP contribution in [0, 0.1) is 0 Å². The summed E-state index contributed by atoms with van der Waals surface area (Å²) in [5.41, 5.74) is 13.8. The molecule has 0 spiro atoms. The van der Waals surface area contributed by atoms with Crippen molar-refractivity contribution in [2.75, 3.05) is 0 Å². The van der Waals surface area contributed by atoms with Gasteiger partial charge in [0, 0.05) is 54.7 Å². The van der Waals surface area contributed by atoms with Gasteiger partial charge in [-0.3, -0.25) is 0 Å². The number of furan rings is 1. The summed E-state index contributed by atoms with van der Waals surface area (Å²) in [6, 6.07) is 69.5. The topological polar surface area (TPSA) is 51.8 Å². The van der Waals surface area contributed by atoms with Gasteiger partial charge in [-0.1, -0.05) is 176 Å². The fourth-order valence-electron chi connectivity index (χ4n) is 8.10. The van der Waals surface area contributed by atoms with Gasteiger partial charge in [0.25, 0.3) is 0 Å². The Balaban J connectivity index is 1.08. The zero-order chi connectivity index (χ0) is 37.7. The third kappa shape index (κ3) is 5.74. The van der Waals surface area contributed by atoms with Gasteiger partial charge in [0.15, 0.2) is 5.82 Å². The van der Waals surface area contributed by atoms with Crippen molar-refractivity contribution in [3.05, 3.63) is 200 Å². The molecule has 11 aromatic rings. The summed E-state index contributed by atoms with van der Waals surface area (Å²) in [5, 5.41) is 5.52. The van der Waals surface area contributed by atoms with Crippen molar-refractivity contribution < 1.29 is 4.42 Å². The summed E-state index contributed by atoms with van der Waals surface area (Å²) in [6.45, 7) is 0. The van der Waals surface area contributed by atoms with Gasteiger partial charge >= 0.3 is 0 Å². The SMILES string of the molecule is c1ccc(-c2ccc(-c3cc(-c4ccccc4)nc(-c4ccc(-c5cc6c(-c7ccccc7)nc7ccccc7c6c6c5oc5ccccc56)cc4)n3)cc2)cc1. The molecule has 8 aromatic carbocycles. The molecule has 4 nitrogen and oxygen atoms in total. The van der Waals surface area contributed by atoms with Gasteiger partial charge in [0.1, 0.15) is 11.2 Å². The minimum Gasteiger partial charge on any atom is -0.455 e. The van der Waals surface area contributed by atoms with Gasteiger partial charge in [0.05, 0.1) is 22.6 Å². The molecule has 11 rings (SSSR count). The van der Waals surface area contributed by atoms with E-state index in [0.29, 0.717) is 5.82 Å². The number of rotatable bonds is 6. The van der Waals surface area contributed by atoms with Crippen molar-refractivity contribution in [2.24, 2.45) is 0 Å². The minimum absolute atomic E-state index is 0.666. The summed E-state index contributed by atoms with van der Waals surface area (Å²) in [6.07, 6.45) is 0. The molecule has 266 valence electrons. The third-order valence-corrected chi connectivity index (χ3v) is 10.9. The molecule has 0 saturated heterocycles. The fraction of sp³-hybridized carbons (Fsp3) is 0. The normalized spacial score (nSPS) is 11.5. The molecule has 0 aliphatic heterocycles. The Morgan fingerprint density at radius 3 is 1.54 bits per heavy atom. The lowest BCUT2D eigenvalue weighted by Gasteiger charge is -2.14. The van der Waals surface area contributed by atoms with Crippen molar-refractivity contribution in [1.82, 2.24) is 15.0 Å². The Bertz CT molecular complexity index is 3250. The first-order valence-electron chi connectivity index (χ1n) is 19.2. The molecule has 3 aromatic heterocycles. The summed E-state index contributed by atoms with van der Waals surface area (Å²) in [5.74, 6) is 0.666. The second-order valence-corrected chi connectivity index (χ2v) is 14.3. The van der Waals surface area contributed by atoms with Gasteiger partial charge in [-0.15, -0.1) is 0 Å². The highest BCUT2D eigenvalue weighted by Gasteiger charge is 2.21. The summed E-state index contributed by atoms with van der Waals surface area (Å²) in [4.78, 5) is 15.6. The highest BCUT2D eigenvalue weighted by Crippen LogP contribution is 2.45. The number of pyridine rings is 1. The molecule has 0 saturated carbocycles. The number of benzene rings is 8. The Labute approximate surface area is 329 Å². The maximum absolute atomic E-state index is 6.78. The quantitative estimate of drug-likeness (QED) is 0.160. The van der Waals surface area contributed by atoms with Gasteiger partial charge in [-0.25, -0.2) is 15.0 Å². The second-order valence-electron chi connectivity index (χ2n) is 14.3. The van der Waals surface area contributed by atoms with Crippen LogP contribution in [-0.2, 0) is 0 Å². The standard InChI is InChI=1S/C53H33N3O/c1-4-14-34(15-5-1)35-24-28-38(29-25-35)47-33-46(37-16-6-2-7-17-37)55-53(56-47)40-30-26-36(27-31-40)43-32-44-49(50-42-21-11-13-23-48(42)57-52(43)50)41-20-10-12-22-45(41)54-51(44)39-18-8-3-9-19-39/h1-33H. The van der Waals surface area contributed by atoms with Crippen LogP contribution in [0.2, 0.25) is 0 Å². The Morgan fingerprint density at radius 1 is 0.333 bits per heavy atom. The number of nitrogens with zero attached hydrogens (tertiary/aromatic N) is 3. The zero-order valence-electron chi connectivity index (χ0n) is 30.8. The van der Waals surface area contributed by atoms with Crippen LogP contribution in [0.3, 0.4) is 0 Å². The summed E-state index contributed by atoms with van der Waals surface area (Å²) in [7, 11) is 0. The van der Waals surface area contributed by atoms with E-state index >= 15 is 0 Å². The molecule has 0 aliphatic carbocycles. The predicted octanol–water partition coefficient (Wildman–Crippen LogP) is 14.1. The predicted molar refractivity (Wildman–Crippen MR) is 235 cm³/mol. The second kappa shape index (κ2) is 13.6. The first-order valence-corrected chi connectivity index (χ1v) is 19.2. The third-order valence-electron chi connectivity index (χ3n) is 10.9. The van der Waals surface area contributed by atoms with E-state index in [4.69, 9.17) is 19.4 Å². The number of aromatic nitrogens is 3. The highest BCUT2D eigenvalue weighted by atomic mass is 16.3. The van der Waals surface area contributed by atoms with E-state index in [9.17, 15) is 0 Å². The van der Waals surface area contributed by atoms with Gasteiger partial charge in [0.2, 0.25) is 0 Å².